The van der Waals surface area contributed by atoms with Crippen LogP contribution in [0, 0.1) is 11.3 Å². The largest absolute Gasteiger partial charge is 0.457 e. The summed E-state index contributed by atoms with van der Waals surface area (Å²) in [6.07, 6.45) is 6.98. The van der Waals surface area contributed by atoms with Crippen LogP contribution in [0.15, 0.2) is 52.5 Å². The number of carbonyl (C=O) groups is 1. The van der Waals surface area contributed by atoms with E-state index in [2.05, 4.69) is 5.32 Å². The molecule has 0 aliphatic heterocycles. The predicted molar refractivity (Wildman–Crippen MR) is 92.7 cm³/mol. The number of amides is 1. The van der Waals surface area contributed by atoms with Crippen LogP contribution in [-0.4, -0.2) is 11.9 Å². The van der Waals surface area contributed by atoms with Gasteiger partial charge in [0.05, 0.1) is 0 Å². The van der Waals surface area contributed by atoms with Crippen LogP contribution >= 0.6 is 0 Å². The number of nitrogens with one attached hydrogen (secondary N) is 1. The third-order valence-electron chi connectivity index (χ3n) is 4.28. The minimum Gasteiger partial charge on any atom is -0.457 e. The fraction of sp³-hybridized carbons (Fsp3) is 0.300. The quantitative estimate of drug-likeness (QED) is 0.674. The Morgan fingerprint density at radius 3 is 2.58 bits per heavy atom. The molecule has 0 unspecified atom stereocenters. The number of furan rings is 1. The molecule has 0 bridgehead atoms. The van der Waals surface area contributed by atoms with E-state index in [9.17, 15) is 10.1 Å². The van der Waals surface area contributed by atoms with E-state index in [-0.39, 0.29) is 17.5 Å². The van der Waals surface area contributed by atoms with Gasteiger partial charge < -0.3 is 9.73 Å². The summed E-state index contributed by atoms with van der Waals surface area (Å²) in [5.74, 6) is 0.901. The van der Waals surface area contributed by atoms with Gasteiger partial charge in [-0.15, -0.1) is 0 Å². The minimum absolute atomic E-state index is 0.0783. The highest BCUT2D eigenvalue weighted by Crippen LogP contribution is 2.23. The first-order chi connectivity index (χ1) is 11.8. The maximum absolute atomic E-state index is 12.3. The fourth-order valence-electron chi connectivity index (χ4n) is 2.99. The van der Waals surface area contributed by atoms with Gasteiger partial charge in [-0.3, -0.25) is 4.79 Å². The average Bonchev–Trinajstić information content (AvgIpc) is 3.10. The average molecular weight is 320 g/mol. The van der Waals surface area contributed by atoms with E-state index in [4.69, 9.17) is 4.42 Å². The van der Waals surface area contributed by atoms with Gasteiger partial charge in [-0.1, -0.05) is 49.6 Å². The summed E-state index contributed by atoms with van der Waals surface area (Å²) in [7, 11) is 0. The first-order valence-electron chi connectivity index (χ1n) is 8.34. The number of rotatable bonds is 4. The Morgan fingerprint density at radius 2 is 1.88 bits per heavy atom. The van der Waals surface area contributed by atoms with Crippen molar-refractivity contribution < 1.29 is 9.21 Å². The second-order valence-corrected chi connectivity index (χ2v) is 6.05. The molecule has 1 aromatic carbocycles. The van der Waals surface area contributed by atoms with Gasteiger partial charge in [-0.2, -0.15) is 5.26 Å². The molecule has 1 amide bonds. The lowest BCUT2D eigenvalue weighted by molar-refractivity contribution is -0.117. The number of nitrogens with zero attached hydrogens (tertiary/aromatic N) is 1. The van der Waals surface area contributed by atoms with Gasteiger partial charge in [-0.25, -0.2) is 0 Å². The van der Waals surface area contributed by atoms with Crippen molar-refractivity contribution in [1.29, 1.82) is 5.26 Å². The van der Waals surface area contributed by atoms with Crippen molar-refractivity contribution in [3.05, 3.63) is 53.8 Å². The molecule has 122 valence electrons. The molecule has 1 aliphatic carbocycles. The van der Waals surface area contributed by atoms with E-state index in [1.165, 1.54) is 12.5 Å². The maximum Gasteiger partial charge on any atom is 0.262 e. The Labute approximate surface area is 141 Å². The molecule has 0 radical (unpaired) electrons. The highest BCUT2D eigenvalue weighted by Gasteiger charge is 2.18. The number of nitriles is 1. The molecular formula is C20H20N2O2. The van der Waals surface area contributed by atoms with Crippen molar-refractivity contribution in [1.82, 2.24) is 5.32 Å². The normalized spacial score (nSPS) is 15.7. The van der Waals surface area contributed by atoms with E-state index in [1.54, 1.807) is 6.07 Å². The van der Waals surface area contributed by atoms with Crippen LogP contribution < -0.4 is 5.32 Å². The number of benzene rings is 1. The Kier molecular flexibility index (Phi) is 5.12. The maximum atomic E-state index is 12.3. The zero-order valence-corrected chi connectivity index (χ0v) is 13.5. The van der Waals surface area contributed by atoms with Crippen molar-refractivity contribution in [3.8, 4) is 17.4 Å². The molecular weight excluding hydrogens is 300 g/mol. The van der Waals surface area contributed by atoms with Crippen LogP contribution in [0.2, 0.25) is 0 Å². The number of carbonyl (C=O) groups excluding carboxylic acids is 1. The first kappa shape index (κ1) is 16.1. The lowest BCUT2D eigenvalue weighted by Gasteiger charge is -2.22. The number of hydrogen-bond acceptors (Lipinski definition) is 3. The van der Waals surface area contributed by atoms with Crippen molar-refractivity contribution in [2.75, 3.05) is 0 Å². The molecule has 4 heteroatoms. The molecule has 3 rings (SSSR count). The third-order valence-corrected chi connectivity index (χ3v) is 4.28. The molecule has 24 heavy (non-hydrogen) atoms. The summed E-state index contributed by atoms with van der Waals surface area (Å²) in [6, 6.07) is 15.5. The molecule has 1 heterocycles. The van der Waals surface area contributed by atoms with Crippen molar-refractivity contribution >= 4 is 12.0 Å². The van der Waals surface area contributed by atoms with Crippen LogP contribution in [0.3, 0.4) is 0 Å². The zero-order chi connectivity index (χ0) is 16.8. The lowest BCUT2D eigenvalue weighted by atomic mass is 9.95. The first-order valence-corrected chi connectivity index (χ1v) is 8.34. The summed E-state index contributed by atoms with van der Waals surface area (Å²) in [4.78, 5) is 12.3. The van der Waals surface area contributed by atoms with E-state index in [0.717, 1.165) is 31.2 Å². The zero-order valence-electron chi connectivity index (χ0n) is 13.5. The molecule has 2 aromatic rings. The van der Waals surface area contributed by atoms with Gasteiger partial charge in [-0.05, 0) is 25.0 Å². The standard InChI is InChI=1S/C20H20N2O2/c21-14-16(20(23)22-17-9-5-2-6-10-17)13-18-11-12-19(24-18)15-7-3-1-4-8-15/h1,3-4,7-8,11-13,17H,2,5-6,9-10H2,(H,22,23)/b16-13+. The molecule has 1 N–H and O–H groups in total. The minimum atomic E-state index is -0.318. The molecule has 1 aromatic heterocycles. The second kappa shape index (κ2) is 7.65. The molecule has 4 nitrogen and oxygen atoms in total. The predicted octanol–water partition coefficient (Wildman–Crippen LogP) is 4.30. The van der Waals surface area contributed by atoms with Crippen LogP contribution in [-0.2, 0) is 4.79 Å². The summed E-state index contributed by atoms with van der Waals surface area (Å²) < 4.78 is 5.73. The van der Waals surface area contributed by atoms with E-state index in [1.807, 2.05) is 42.5 Å². The van der Waals surface area contributed by atoms with Crippen LogP contribution in [0.5, 0.6) is 0 Å². The van der Waals surface area contributed by atoms with Gasteiger partial charge >= 0.3 is 0 Å². The summed E-state index contributed by atoms with van der Waals surface area (Å²) in [5, 5.41) is 12.2. The lowest BCUT2D eigenvalue weighted by Crippen LogP contribution is -2.36. The smallest absolute Gasteiger partial charge is 0.262 e. The van der Waals surface area contributed by atoms with Crippen LogP contribution in [0.1, 0.15) is 37.9 Å². The second-order valence-electron chi connectivity index (χ2n) is 6.05. The van der Waals surface area contributed by atoms with Gasteiger partial charge in [0.25, 0.3) is 5.91 Å². The highest BCUT2D eigenvalue weighted by atomic mass is 16.3. The van der Waals surface area contributed by atoms with Crippen LogP contribution in [0.4, 0.5) is 0 Å². The molecule has 0 saturated heterocycles. The van der Waals surface area contributed by atoms with Crippen molar-refractivity contribution in [2.45, 2.75) is 38.1 Å². The molecule has 1 saturated carbocycles. The molecule has 0 spiro atoms. The van der Waals surface area contributed by atoms with Gasteiger partial charge in [0.15, 0.2) is 0 Å². The monoisotopic (exact) mass is 320 g/mol. The van der Waals surface area contributed by atoms with Crippen LogP contribution in [0.25, 0.3) is 17.4 Å². The molecule has 1 fully saturated rings. The molecule has 0 atom stereocenters. The SMILES string of the molecule is N#C/C(=C\c1ccc(-c2ccccc2)o1)C(=O)NC1CCCCC1. The summed E-state index contributed by atoms with van der Waals surface area (Å²) in [5.41, 5.74) is 1.04. The third kappa shape index (κ3) is 3.94. The Hall–Kier alpha value is -2.80. The summed E-state index contributed by atoms with van der Waals surface area (Å²) in [6.45, 7) is 0. The van der Waals surface area contributed by atoms with E-state index >= 15 is 0 Å². The Morgan fingerprint density at radius 1 is 1.12 bits per heavy atom. The van der Waals surface area contributed by atoms with E-state index in [0.29, 0.717) is 11.5 Å². The fourth-order valence-corrected chi connectivity index (χ4v) is 2.99. The van der Waals surface area contributed by atoms with Gasteiger partial charge in [0.2, 0.25) is 0 Å². The topological polar surface area (TPSA) is 66.0 Å². The summed E-state index contributed by atoms with van der Waals surface area (Å²) >= 11 is 0. The van der Waals surface area contributed by atoms with Gasteiger partial charge in [0, 0.05) is 17.7 Å². The van der Waals surface area contributed by atoms with E-state index < -0.39 is 0 Å². The molecule has 1 aliphatic rings. The van der Waals surface area contributed by atoms with Crippen molar-refractivity contribution in [2.24, 2.45) is 0 Å². The van der Waals surface area contributed by atoms with Crippen molar-refractivity contribution in [3.63, 3.8) is 0 Å². The Balaban J connectivity index is 1.72. The number of hydrogen-bond donors (Lipinski definition) is 1. The Bertz CT molecular complexity index is 762. The highest BCUT2D eigenvalue weighted by molar-refractivity contribution is 6.01. The van der Waals surface area contributed by atoms with Gasteiger partial charge in [0.1, 0.15) is 23.2 Å².